The first kappa shape index (κ1) is 25.2. The predicted octanol–water partition coefficient (Wildman–Crippen LogP) is 4.78. The van der Waals surface area contributed by atoms with E-state index in [0.717, 1.165) is 31.3 Å². The molecule has 0 aromatic carbocycles. The van der Waals surface area contributed by atoms with E-state index in [0.29, 0.717) is 35.5 Å². The molecule has 0 aromatic heterocycles. The van der Waals surface area contributed by atoms with Crippen LogP contribution < -0.4 is 0 Å². The molecule has 5 rings (SSSR count). The van der Waals surface area contributed by atoms with E-state index in [1.807, 2.05) is 6.92 Å². The number of aliphatic hydroxyl groups is 1. The monoisotopic (exact) mass is 494 g/mol. The van der Waals surface area contributed by atoms with E-state index in [2.05, 4.69) is 26.7 Å². The molecule has 0 radical (unpaired) electrons. The number of rotatable bonds is 3. The molecule has 194 valence electrons. The second kappa shape index (κ2) is 8.54. The number of fused-ring (bicyclic) bond motifs is 4. The van der Waals surface area contributed by atoms with Gasteiger partial charge in [-0.3, -0.25) is 4.79 Å². The summed E-state index contributed by atoms with van der Waals surface area (Å²) in [5.74, 6) is -2.27. The van der Waals surface area contributed by atoms with Crippen molar-refractivity contribution in [3.05, 3.63) is 47.6 Å². The fourth-order valence-corrected chi connectivity index (χ4v) is 7.82. The third-order valence-corrected chi connectivity index (χ3v) is 10.1. The van der Waals surface area contributed by atoms with Gasteiger partial charge >= 0.3 is 11.9 Å². The molecule has 0 bridgehead atoms. The maximum atomic E-state index is 13.6. The first-order valence-corrected chi connectivity index (χ1v) is 13.3. The number of esters is 2. The van der Waals surface area contributed by atoms with Crippen LogP contribution in [0.15, 0.2) is 47.6 Å². The molecule has 3 saturated carbocycles. The van der Waals surface area contributed by atoms with E-state index in [1.54, 1.807) is 0 Å². The molecular formula is C30H38O6. The second-order valence-electron chi connectivity index (χ2n) is 12.3. The Balaban J connectivity index is 1.36. The van der Waals surface area contributed by atoms with E-state index in [-0.39, 0.29) is 17.3 Å². The zero-order valence-corrected chi connectivity index (χ0v) is 21.7. The van der Waals surface area contributed by atoms with Gasteiger partial charge in [0.2, 0.25) is 5.78 Å². The Morgan fingerprint density at radius 2 is 1.86 bits per heavy atom. The summed E-state index contributed by atoms with van der Waals surface area (Å²) in [5, 5.41) is 11.7. The first-order chi connectivity index (χ1) is 16.9. The van der Waals surface area contributed by atoms with Crippen LogP contribution in [-0.4, -0.2) is 40.6 Å². The average Bonchev–Trinajstić information content (AvgIpc) is 3.12. The lowest BCUT2D eigenvalue weighted by atomic mass is 9.56. The summed E-state index contributed by atoms with van der Waals surface area (Å²) in [6, 6.07) is 0. The Hall–Kier alpha value is -2.47. The normalized spacial score (nSPS) is 42.3. The van der Waals surface area contributed by atoms with Gasteiger partial charge < -0.3 is 14.6 Å². The molecule has 5 aliphatic rings. The second-order valence-corrected chi connectivity index (χ2v) is 12.3. The van der Waals surface area contributed by atoms with Crippen molar-refractivity contribution in [2.24, 2.45) is 29.1 Å². The number of ketones is 1. The molecule has 1 heterocycles. The van der Waals surface area contributed by atoms with Crippen LogP contribution in [0, 0.1) is 29.1 Å². The van der Waals surface area contributed by atoms with Crippen LogP contribution in [-0.2, 0) is 23.9 Å². The van der Waals surface area contributed by atoms with Crippen molar-refractivity contribution in [3.63, 3.8) is 0 Å². The van der Waals surface area contributed by atoms with E-state index in [1.165, 1.54) is 25.3 Å². The number of Topliss-reactive ketones (excluding diaryl/α,β-unsaturated/α-hetero) is 1. The highest BCUT2D eigenvalue weighted by molar-refractivity contribution is 6.06. The first-order valence-electron chi connectivity index (χ1n) is 13.3. The van der Waals surface area contributed by atoms with Crippen molar-refractivity contribution < 1.29 is 29.0 Å². The van der Waals surface area contributed by atoms with Crippen LogP contribution >= 0.6 is 0 Å². The predicted molar refractivity (Wildman–Crippen MR) is 135 cm³/mol. The molecule has 6 nitrogen and oxygen atoms in total. The molecule has 0 unspecified atom stereocenters. The average molecular weight is 495 g/mol. The lowest BCUT2D eigenvalue weighted by molar-refractivity contribution is -0.169. The minimum atomic E-state index is -1.72. The summed E-state index contributed by atoms with van der Waals surface area (Å²) in [6.07, 6.45) is 5.17. The van der Waals surface area contributed by atoms with E-state index < -0.39 is 41.4 Å². The van der Waals surface area contributed by atoms with Gasteiger partial charge in [-0.15, -0.1) is 0 Å². The highest BCUT2D eigenvalue weighted by Gasteiger charge is 2.64. The van der Waals surface area contributed by atoms with Gasteiger partial charge in [0.1, 0.15) is 11.7 Å². The standard InChI is InChI=1S/C30H38O6/c1-15-8-7-12-29(5)13-11-19(14-21(15)29)17(3)27(32)36-26-24(31)22-16(2)9-10-20-18(4)28(33)35-25(20)23(22)30(26,6)34/h19-21,23,25-26,34H,1,3-4,7-14H2,2,5-6H3/t19-,20-,21+,23-,25-,26+,29-,30-/m0/s1. The quantitative estimate of drug-likeness (QED) is 0.345. The highest BCUT2D eigenvalue weighted by atomic mass is 16.6. The number of ether oxygens (including phenoxy) is 2. The molecule has 6 heteroatoms. The minimum absolute atomic E-state index is 0.0400. The zero-order chi connectivity index (χ0) is 26.2. The van der Waals surface area contributed by atoms with E-state index in [9.17, 15) is 19.5 Å². The summed E-state index contributed by atoms with van der Waals surface area (Å²) < 4.78 is 11.4. The number of hydrogen-bond donors (Lipinski definition) is 1. The van der Waals surface area contributed by atoms with E-state index in [4.69, 9.17) is 9.47 Å². The van der Waals surface area contributed by atoms with Crippen molar-refractivity contribution in [3.8, 4) is 0 Å². The van der Waals surface area contributed by atoms with Crippen LogP contribution in [0.1, 0.15) is 72.1 Å². The Labute approximate surface area is 213 Å². The maximum absolute atomic E-state index is 13.6. The lowest BCUT2D eigenvalue weighted by Gasteiger charge is -2.49. The summed E-state index contributed by atoms with van der Waals surface area (Å²) in [5.41, 5.74) is 1.75. The van der Waals surface area contributed by atoms with Gasteiger partial charge in [-0.05, 0) is 82.5 Å². The zero-order valence-electron chi connectivity index (χ0n) is 21.7. The van der Waals surface area contributed by atoms with Crippen LogP contribution in [0.5, 0.6) is 0 Å². The van der Waals surface area contributed by atoms with E-state index >= 15 is 0 Å². The summed E-state index contributed by atoms with van der Waals surface area (Å²) >= 11 is 0. The van der Waals surface area contributed by atoms with Crippen LogP contribution in [0.2, 0.25) is 0 Å². The molecule has 1 N–H and O–H groups in total. The van der Waals surface area contributed by atoms with Gasteiger partial charge in [-0.25, -0.2) is 9.59 Å². The van der Waals surface area contributed by atoms with Gasteiger partial charge in [-0.1, -0.05) is 37.8 Å². The van der Waals surface area contributed by atoms with Crippen LogP contribution in [0.4, 0.5) is 0 Å². The molecule has 8 atom stereocenters. The van der Waals surface area contributed by atoms with Gasteiger partial charge in [0, 0.05) is 22.6 Å². The summed E-state index contributed by atoms with van der Waals surface area (Å²) in [6.45, 7) is 18.0. The van der Waals surface area contributed by atoms with Crippen molar-refractivity contribution in [1.29, 1.82) is 0 Å². The van der Waals surface area contributed by atoms with Gasteiger partial charge in [-0.2, -0.15) is 0 Å². The largest absolute Gasteiger partial charge is 0.458 e. The topological polar surface area (TPSA) is 89.9 Å². The molecule has 1 saturated heterocycles. The molecule has 36 heavy (non-hydrogen) atoms. The molecule has 0 aromatic rings. The number of carbonyl (C=O) groups is 3. The van der Waals surface area contributed by atoms with Crippen LogP contribution in [0.3, 0.4) is 0 Å². The maximum Gasteiger partial charge on any atom is 0.334 e. The molecule has 0 amide bonds. The molecular weight excluding hydrogens is 456 g/mol. The Kier molecular flexibility index (Phi) is 5.98. The number of hydrogen-bond acceptors (Lipinski definition) is 6. The van der Waals surface area contributed by atoms with Crippen LogP contribution in [0.25, 0.3) is 0 Å². The summed E-state index contributed by atoms with van der Waals surface area (Å²) in [4.78, 5) is 39.2. The third kappa shape index (κ3) is 3.67. The van der Waals surface area contributed by atoms with Crippen molar-refractivity contribution in [1.82, 2.24) is 0 Å². The number of allylic oxidation sites excluding steroid dienone is 2. The Morgan fingerprint density at radius 3 is 2.58 bits per heavy atom. The van der Waals surface area contributed by atoms with Crippen molar-refractivity contribution >= 4 is 17.7 Å². The number of carbonyl (C=O) groups excluding carboxylic acids is 3. The minimum Gasteiger partial charge on any atom is -0.458 e. The summed E-state index contributed by atoms with van der Waals surface area (Å²) in [7, 11) is 0. The molecule has 0 spiro atoms. The smallest absolute Gasteiger partial charge is 0.334 e. The SMILES string of the molecule is C=C(C(=O)O[C@@H]1C(=O)C2=C(C)CC[C@H]3C(=C)C(=O)O[C@@H]3[C@H]2[C@]1(C)O)[C@H]1CC[C@]2(C)CCCC(=C)[C@H]2C1. The fraction of sp³-hybridized carbons (Fsp3) is 0.633. The van der Waals surface area contributed by atoms with Crippen molar-refractivity contribution in [2.45, 2.75) is 89.9 Å². The fourth-order valence-electron chi connectivity index (χ4n) is 7.82. The lowest BCUT2D eigenvalue weighted by Crippen LogP contribution is -2.49. The highest BCUT2D eigenvalue weighted by Crippen LogP contribution is 2.55. The van der Waals surface area contributed by atoms with Gasteiger partial charge in [0.25, 0.3) is 0 Å². The third-order valence-electron chi connectivity index (χ3n) is 10.1. The molecule has 1 aliphatic heterocycles. The van der Waals surface area contributed by atoms with Gasteiger partial charge in [0.05, 0.1) is 5.92 Å². The molecule has 4 fully saturated rings. The Bertz CT molecular complexity index is 1110. The van der Waals surface area contributed by atoms with Gasteiger partial charge in [0.15, 0.2) is 6.10 Å². The Morgan fingerprint density at radius 1 is 1.14 bits per heavy atom. The van der Waals surface area contributed by atoms with Crippen molar-refractivity contribution in [2.75, 3.05) is 0 Å². The molecule has 4 aliphatic carbocycles.